The van der Waals surface area contributed by atoms with E-state index in [4.69, 9.17) is 0 Å². The second-order valence-electron chi connectivity index (χ2n) is 2.51. The maximum atomic E-state index is 11.0. The van der Waals surface area contributed by atoms with Gasteiger partial charge >= 0.3 is 0 Å². The van der Waals surface area contributed by atoms with Gasteiger partial charge in [0.25, 0.3) is 0 Å². The van der Waals surface area contributed by atoms with Crippen LogP contribution >= 0.6 is 11.8 Å². The molecule has 0 saturated heterocycles. The van der Waals surface area contributed by atoms with Crippen molar-refractivity contribution in [3.8, 4) is 5.75 Å². The summed E-state index contributed by atoms with van der Waals surface area (Å²) in [6, 6.07) is 3.22. The highest BCUT2D eigenvalue weighted by Gasteiger charge is 2.04. The predicted molar refractivity (Wildman–Crippen MR) is 51.9 cm³/mol. The molecular formula is C9H11NO2S. The predicted octanol–water partition coefficient (Wildman–Crippen LogP) is 1.86. The van der Waals surface area contributed by atoms with Crippen LogP contribution < -0.4 is 0 Å². The van der Waals surface area contributed by atoms with Gasteiger partial charge < -0.3 is 5.11 Å². The minimum atomic E-state index is 0.136. The third kappa shape index (κ3) is 3.06. The fourth-order valence-electron chi connectivity index (χ4n) is 0.744. The summed E-state index contributed by atoms with van der Waals surface area (Å²) in [6.07, 6.45) is 2.12. The summed E-state index contributed by atoms with van der Waals surface area (Å²) in [6.45, 7) is 1.82. The van der Waals surface area contributed by atoms with E-state index in [1.807, 2.05) is 6.92 Å². The molecule has 3 nitrogen and oxygen atoms in total. The zero-order valence-electron chi connectivity index (χ0n) is 7.36. The highest BCUT2D eigenvalue weighted by molar-refractivity contribution is 8.00. The SMILES string of the molecule is CCC(=O)CSc1ncccc1O. The van der Waals surface area contributed by atoms with E-state index in [0.717, 1.165) is 0 Å². The first-order chi connectivity index (χ1) is 6.24. The normalized spacial score (nSPS) is 9.92. The fourth-order valence-corrected chi connectivity index (χ4v) is 1.60. The summed E-state index contributed by atoms with van der Waals surface area (Å²) >= 11 is 1.27. The Labute approximate surface area is 81.2 Å². The molecule has 70 valence electrons. The van der Waals surface area contributed by atoms with E-state index < -0.39 is 0 Å². The molecule has 0 saturated carbocycles. The van der Waals surface area contributed by atoms with Gasteiger partial charge in [-0.3, -0.25) is 4.79 Å². The fraction of sp³-hybridized carbons (Fsp3) is 0.333. The molecule has 0 unspecified atom stereocenters. The summed E-state index contributed by atoms with van der Waals surface area (Å²) in [4.78, 5) is 14.9. The Morgan fingerprint density at radius 1 is 1.69 bits per heavy atom. The largest absolute Gasteiger partial charge is 0.505 e. The third-order valence-electron chi connectivity index (χ3n) is 1.52. The van der Waals surface area contributed by atoms with Gasteiger partial charge in [-0.1, -0.05) is 18.7 Å². The number of hydrogen-bond acceptors (Lipinski definition) is 4. The smallest absolute Gasteiger partial charge is 0.147 e. The maximum absolute atomic E-state index is 11.0. The molecule has 4 heteroatoms. The van der Waals surface area contributed by atoms with Crippen molar-refractivity contribution < 1.29 is 9.90 Å². The number of carbonyl (C=O) groups excluding carboxylic acids is 1. The van der Waals surface area contributed by atoms with Gasteiger partial charge in [0.05, 0.1) is 5.75 Å². The Morgan fingerprint density at radius 3 is 3.08 bits per heavy atom. The van der Waals surface area contributed by atoms with Crippen LogP contribution in [0.15, 0.2) is 23.4 Å². The number of carbonyl (C=O) groups is 1. The molecule has 0 bridgehead atoms. The summed E-state index contributed by atoms with van der Waals surface area (Å²) in [5, 5.41) is 9.82. The highest BCUT2D eigenvalue weighted by Crippen LogP contribution is 2.24. The van der Waals surface area contributed by atoms with Crippen LogP contribution in [0.5, 0.6) is 5.75 Å². The molecule has 1 aromatic rings. The lowest BCUT2D eigenvalue weighted by Gasteiger charge is -2.00. The molecule has 1 rings (SSSR count). The summed E-state index contributed by atoms with van der Waals surface area (Å²) in [7, 11) is 0. The number of rotatable bonds is 4. The lowest BCUT2D eigenvalue weighted by atomic mass is 10.4. The minimum Gasteiger partial charge on any atom is -0.505 e. The Hall–Kier alpha value is -1.03. The van der Waals surface area contributed by atoms with Gasteiger partial charge in [0.2, 0.25) is 0 Å². The summed E-state index contributed by atoms with van der Waals surface area (Å²) in [5.41, 5.74) is 0. The van der Waals surface area contributed by atoms with Crippen LogP contribution in [0.2, 0.25) is 0 Å². The number of pyridine rings is 1. The van der Waals surface area contributed by atoms with Gasteiger partial charge in [-0.05, 0) is 12.1 Å². The molecule has 1 heterocycles. The van der Waals surface area contributed by atoms with E-state index in [0.29, 0.717) is 17.2 Å². The van der Waals surface area contributed by atoms with Crippen LogP contribution in [-0.2, 0) is 4.79 Å². The van der Waals surface area contributed by atoms with Crippen molar-refractivity contribution in [2.75, 3.05) is 5.75 Å². The van der Waals surface area contributed by atoms with Crippen molar-refractivity contribution in [3.63, 3.8) is 0 Å². The third-order valence-corrected chi connectivity index (χ3v) is 2.57. The molecule has 13 heavy (non-hydrogen) atoms. The Balaban J connectivity index is 2.54. The van der Waals surface area contributed by atoms with E-state index in [1.165, 1.54) is 11.8 Å². The first-order valence-corrected chi connectivity index (χ1v) is 5.01. The molecule has 1 N–H and O–H groups in total. The van der Waals surface area contributed by atoms with Crippen LogP contribution in [0.3, 0.4) is 0 Å². The van der Waals surface area contributed by atoms with Crippen molar-refractivity contribution in [1.82, 2.24) is 4.98 Å². The topological polar surface area (TPSA) is 50.2 Å². The van der Waals surface area contributed by atoms with Crippen LogP contribution in [-0.4, -0.2) is 21.6 Å². The van der Waals surface area contributed by atoms with Gasteiger partial charge in [0, 0.05) is 12.6 Å². The lowest BCUT2D eigenvalue weighted by Crippen LogP contribution is -1.98. The molecule has 0 radical (unpaired) electrons. The molecule has 0 spiro atoms. The minimum absolute atomic E-state index is 0.136. The van der Waals surface area contributed by atoms with E-state index in [2.05, 4.69) is 4.98 Å². The number of thioether (sulfide) groups is 1. The van der Waals surface area contributed by atoms with Gasteiger partial charge in [0.15, 0.2) is 0 Å². The van der Waals surface area contributed by atoms with Crippen molar-refractivity contribution in [2.45, 2.75) is 18.4 Å². The van der Waals surface area contributed by atoms with Crippen molar-refractivity contribution in [2.24, 2.45) is 0 Å². The Kier molecular flexibility index (Phi) is 3.76. The van der Waals surface area contributed by atoms with Gasteiger partial charge in [-0.15, -0.1) is 0 Å². The maximum Gasteiger partial charge on any atom is 0.147 e. The van der Waals surface area contributed by atoms with Crippen molar-refractivity contribution >= 4 is 17.5 Å². The quantitative estimate of drug-likeness (QED) is 0.748. The van der Waals surface area contributed by atoms with Gasteiger partial charge in [0.1, 0.15) is 16.6 Å². The first-order valence-electron chi connectivity index (χ1n) is 4.02. The van der Waals surface area contributed by atoms with Gasteiger partial charge in [-0.25, -0.2) is 4.98 Å². The molecule has 0 aliphatic rings. The zero-order chi connectivity index (χ0) is 9.68. The molecule has 0 aliphatic carbocycles. The van der Waals surface area contributed by atoms with E-state index in [9.17, 15) is 9.90 Å². The van der Waals surface area contributed by atoms with Crippen LogP contribution in [0.4, 0.5) is 0 Å². The van der Waals surface area contributed by atoms with E-state index >= 15 is 0 Å². The molecule has 0 aromatic carbocycles. The Morgan fingerprint density at radius 2 is 2.46 bits per heavy atom. The number of nitrogens with zero attached hydrogens (tertiary/aromatic N) is 1. The van der Waals surface area contributed by atoms with Crippen molar-refractivity contribution in [1.29, 1.82) is 0 Å². The molecule has 0 atom stereocenters. The number of hydrogen-bond donors (Lipinski definition) is 1. The number of Topliss-reactive ketones (excluding diaryl/α,β-unsaturated/α-hetero) is 1. The lowest BCUT2D eigenvalue weighted by molar-refractivity contribution is -0.116. The number of ketones is 1. The first kappa shape index (κ1) is 10.1. The number of aromatic nitrogens is 1. The number of aromatic hydroxyl groups is 1. The average Bonchev–Trinajstić information content (AvgIpc) is 2.16. The molecule has 0 amide bonds. The highest BCUT2D eigenvalue weighted by atomic mass is 32.2. The average molecular weight is 197 g/mol. The van der Waals surface area contributed by atoms with Gasteiger partial charge in [-0.2, -0.15) is 0 Å². The summed E-state index contributed by atoms with van der Waals surface area (Å²) in [5.74, 6) is 0.674. The van der Waals surface area contributed by atoms with Crippen LogP contribution in [0.1, 0.15) is 13.3 Å². The molecule has 1 aromatic heterocycles. The van der Waals surface area contributed by atoms with Crippen molar-refractivity contribution in [3.05, 3.63) is 18.3 Å². The van der Waals surface area contributed by atoms with Crippen LogP contribution in [0.25, 0.3) is 0 Å². The second-order valence-corrected chi connectivity index (χ2v) is 3.47. The summed E-state index contributed by atoms with van der Waals surface area (Å²) < 4.78 is 0. The molecule has 0 aliphatic heterocycles. The van der Waals surface area contributed by atoms with Crippen LogP contribution in [0, 0.1) is 0 Å². The molecular weight excluding hydrogens is 186 g/mol. The monoisotopic (exact) mass is 197 g/mol. The van der Waals surface area contributed by atoms with E-state index in [1.54, 1.807) is 18.3 Å². The zero-order valence-corrected chi connectivity index (χ0v) is 8.17. The standard InChI is InChI=1S/C9H11NO2S/c1-2-7(11)6-13-9-8(12)4-3-5-10-9/h3-5,12H,2,6H2,1H3. The Bertz CT molecular complexity index is 301. The van der Waals surface area contributed by atoms with E-state index in [-0.39, 0.29) is 11.5 Å². The molecule has 0 fully saturated rings. The second kappa shape index (κ2) is 4.87.